The van der Waals surface area contributed by atoms with Gasteiger partial charge in [0.05, 0.1) is 4.90 Å². The van der Waals surface area contributed by atoms with E-state index in [4.69, 9.17) is 14.2 Å². The molecular weight excluding hydrogens is 420 g/mol. The van der Waals surface area contributed by atoms with Crippen LogP contribution in [0.4, 0.5) is 0 Å². The first-order valence-corrected chi connectivity index (χ1v) is 11.7. The van der Waals surface area contributed by atoms with Gasteiger partial charge in [-0.1, -0.05) is 12.1 Å². The van der Waals surface area contributed by atoms with Gasteiger partial charge in [0.2, 0.25) is 10.0 Å². The van der Waals surface area contributed by atoms with Crippen LogP contribution in [0, 0.1) is 13.8 Å². The Kier molecular flexibility index (Phi) is 6.06. The topological polar surface area (TPSA) is 85.4 Å². The molecule has 4 rings (SSSR count). The molecule has 2 heterocycles. The summed E-state index contributed by atoms with van der Waals surface area (Å²) in [5, 5.41) is 0. The molecular formula is C22H26N2O6S. The summed E-state index contributed by atoms with van der Waals surface area (Å²) in [5.41, 5.74) is 2.11. The Balaban J connectivity index is 1.35. The van der Waals surface area contributed by atoms with Crippen LogP contribution in [-0.4, -0.2) is 69.5 Å². The molecule has 0 N–H and O–H groups in total. The normalized spacial score (nSPS) is 16.8. The fourth-order valence-electron chi connectivity index (χ4n) is 3.62. The third-order valence-corrected chi connectivity index (χ3v) is 7.54. The Bertz CT molecular complexity index is 1080. The number of rotatable bonds is 5. The van der Waals surface area contributed by atoms with Crippen LogP contribution in [0.15, 0.2) is 41.3 Å². The third kappa shape index (κ3) is 4.47. The fraction of sp³-hybridized carbons (Fsp3) is 0.409. The van der Waals surface area contributed by atoms with Crippen molar-refractivity contribution in [3.05, 3.63) is 47.5 Å². The highest BCUT2D eigenvalue weighted by Crippen LogP contribution is 2.33. The summed E-state index contributed by atoms with van der Waals surface area (Å²) < 4.78 is 44.1. The molecule has 1 fully saturated rings. The quantitative estimate of drug-likeness (QED) is 0.698. The lowest BCUT2D eigenvalue weighted by Crippen LogP contribution is -2.51. The van der Waals surface area contributed by atoms with Crippen LogP contribution in [-0.2, 0) is 14.8 Å². The van der Waals surface area contributed by atoms with Crippen LogP contribution in [0.1, 0.15) is 11.1 Å². The van der Waals surface area contributed by atoms with E-state index in [9.17, 15) is 13.2 Å². The molecule has 1 amide bonds. The number of aryl methyl sites for hydroxylation is 1. The summed E-state index contributed by atoms with van der Waals surface area (Å²) in [5.74, 6) is 1.51. The summed E-state index contributed by atoms with van der Waals surface area (Å²) in [6.07, 6.45) is 0. The second kappa shape index (κ2) is 8.76. The van der Waals surface area contributed by atoms with E-state index in [1.807, 2.05) is 32.0 Å². The van der Waals surface area contributed by atoms with Gasteiger partial charge in [0.25, 0.3) is 5.91 Å². The molecule has 2 aliphatic rings. The van der Waals surface area contributed by atoms with Crippen molar-refractivity contribution in [2.24, 2.45) is 0 Å². The van der Waals surface area contributed by atoms with Crippen LogP contribution in [0.3, 0.4) is 0 Å². The van der Waals surface area contributed by atoms with Crippen LogP contribution in [0.5, 0.6) is 17.2 Å². The Morgan fingerprint density at radius 1 is 1.00 bits per heavy atom. The van der Waals surface area contributed by atoms with Crippen molar-refractivity contribution in [1.82, 2.24) is 9.21 Å². The molecule has 0 aromatic heterocycles. The predicted molar refractivity (Wildman–Crippen MR) is 114 cm³/mol. The first kappa shape index (κ1) is 21.5. The largest absolute Gasteiger partial charge is 0.486 e. The maximum Gasteiger partial charge on any atom is 0.260 e. The predicted octanol–water partition coefficient (Wildman–Crippen LogP) is 1.99. The molecule has 9 heteroatoms. The Hall–Kier alpha value is -2.78. The van der Waals surface area contributed by atoms with Crippen LogP contribution in [0.25, 0.3) is 0 Å². The smallest absolute Gasteiger partial charge is 0.260 e. The minimum atomic E-state index is -3.68. The number of fused-ring (bicyclic) bond motifs is 1. The number of carbonyl (C=O) groups excluding carboxylic acids is 1. The van der Waals surface area contributed by atoms with Gasteiger partial charge < -0.3 is 19.1 Å². The van der Waals surface area contributed by atoms with Gasteiger partial charge in [-0.15, -0.1) is 0 Å². The average molecular weight is 447 g/mol. The number of amides is 1. The van der Waals surface area contributed by atoms with E-state index < -0.39 is 10.0 Å². The second-order valence-corrected chi connectivity index (χ2v) is 9.51. The number of benzene rings is 2. The molecule has 0 atom stereocenters. The highest BCUT2D eigenvalue weighted by atomic mass is 32.2. The van der Waals surface area contributed by atoms with Crippen molar-refractivity contribution in [2.45, 2.75) is 18.7 Å². The lowest BCUT2D eigenvalue weighted by atomic mass is 10.1. The lowest BCUT2D eigenvalue weighted by Gasteiger charge is -2.34. The van der Waals surface area contributed by atoms with E-state index >= 15 is 0 Å². The summed E-state index contributed by atoms with van der Waals surface area (Å²) >= 11 is 0. The number of piperazine rings is 1. The SMILES string of the molecule is Cc1cccc(OCC(=O)N2CCN(S(=O)(=O)c3ccc4c(c3)OCCO4)CC2)c1C. The zero-order chi connectivity index (χ0) is 22.0. The molecule has 0 radical (unpaired) electrons. The molecule has 2 aromatic rings. The number of hydrogen-bond donors (Lipinski definition) is 0. The van der Waals surface area contributed by atoms with Gasteiger partial charge in [-0.05, 0) is 43.2 Å². The van der Waals surface area contributed by atoms with Gasteiger partial charge in [0.15, 0.2) is 18.1 Å². The third-order valence-electron chi connectivity index (χ3n) is 5.65. The second-order valence-electron chi connectivity index (χ2n) is 7.58. The summed E-state index contributed by atoms with van der Waals surface area (Å²) in [4.78, 5) is 14.4. The highest BCUT2D eigenvalue weighted by molar-refractivity contribution is 7.89. The van der Waals surface area contributed by atoms with Gasteiger partial charge in [0, 0.05) is 32.2 Å². The number of sulfonamides is 1. The zero-order valence-corrected chi connectivity index (χ0v) is 18.5. The standard InChI is InChI=1S/C22H26N2O6S/c1-16-4-3-5-19(17(16)2)30-15-22(25)23-8-10-24(11-9-23)31(26,27)18-6-7-20-21(14-18)29-13-12-28-20/h3-7,14H,8-13,15H2,1-2H3. The van der Waals surface area contributed by atoms with Gasteiger partial charge in [-0.2, -0.15) is 4.31 Å². The van der Waals surface area contributed by atoms with Gasteiger partial charge in [-0.25, -0.2) is 8.42 Å². The average Bonchev–Trinajstić information content (AvgIpc) is 2.79. The molecule has 2 aliphatic heterocycles. The van der Waals surface area contributed by atoms with Crippen LogP contribution in [0.2, 0.25) is 0 Å². The molecule has 0 aliphatic carbocycles. The zero-order valence-electron chi connectivity index (χ0n) is 17.7. The molecule has 0 spiro atoms. The monoisotopic (exact) mass is 446 g/mol. The Morgan fingerprint density at radius 3 is 2.45 bits per heavy atom. The molecule has 0 unspecified atom stereocenters. The van der Waals surface area contributed by atoms with E-state index in [0.717, 1.165) is 11.1 Å². The van der Waals surface area contributed by atoms with E-state index in [2.05, 4.69) is 0 Å². The van der Waals surface area contributed by atoms with E-state index in [1.165, 1.54) is 16.4 Å². The van der Waals surface area contributed by atoms with E-state index in [-0.39, 0.29) is 30.5 Å². The van der Waals surface area contributed by atoms with Crippen LogP contribution < -0.4 is 14.2 Å². The van der Waals surface area contributed by atoms with E-state index in [0.29, 0.717) is 43.6 Å². The first-order valence-electron chi connectivity index (χ1n) is 10.2. The molecule has 0 saturated carbocycles. The molecule has 8 nitrogen and oxygen atoms in total. The molecule has 166 valence electrons. The minimum absolute atomic E-state index is 0.0702. The number of nitrogens with zero attached hydrogens (tertiary/aromatic N) is 2. The van der Waals surface area contributed by atoms with Crippen molar-refractivity contribution in [3.63, 3.8) is 0 Å². The van der Waals surface area contributed by atoms with E-state index in [1.54, 1.807) is 11.0 Å². The van der Waals surface area contributed by atoms with Crippen molar-refractivity contribution < 1.29 is 27.4 Å². The minimum Gasteiger partial charge on any atom is -0.486 e. The Labute approximate surface area is 182 Å². The van der Waals surface area contributed by atoms with Gasteiger partial charge >= 0.3 is 0 Å². The Morgan fingerprint density at radius 2 is 1.71 bits per heavy atom. The maximum atomic E-state index is 13.0. The van der Waals surface area contributed by atoms with Crippen molar-refractivity contribution in [3.8, 4) is 17.2 Å². The maximum absolute atomic E-state index is 13.0. The van der Waals surface area contributed by atoms with Crippen molar-refractivity contribution in [2.75, 3.05) is 46.0 Å². The van der Waals surface area contributed by atoms with Crippen LogP contribution >= 0.6 is 0 Å². The van der Waals surface area contributed by atoms with Gasteiger partial charge in [0.1, 0.15) is 19.0 Å². The number of hydrogen-bond acceptors (Lipinski definition) is 6. The first-order chi connectivity index (χ1) is 14.9. The molecule has 0 bridgehead atoms. The summed E-state index contributed by atoms with van der Waals surface area (Å²) in [6, 6.07) is 10.4. The highest BCUT2D eigenvalue weighted by Gasteiger charge is 2.31. The molecule has 1 saturated heterocycles. The summed E-state index contributed by atoms with van der Waals surface area (Å²) in [6.45, 7) is 5.81. The van der Waals surface area contributed by atoms with Crippen molar-refractivity contribution in [1.29, 1.82) is 0 Å². The number of carbonyl (C=O) groups is 1. The molecule has 2 aromatic carbocycles. The fourth-order valence-corrected chi connectivity index (χ4v) is 5.06. The number of ether oxygens (including phenoxy) is 3. The van der Waals surface area contributed by atoms with Crippen molar-refractivity contribution >= 4 is 15.9 Å². The lowest BCUT2D eigenvalue weighted by molar-refractivity contribution is -0.134. The molecule has 31 heavy (non-hydrogen) atoms. The summed E-state index contributed by atoms with van der Waals surface area (Å²) in [7, 11) is -3.68. The van der Waals surface area contributed by atoms with Gasteiger partial charge in [-0.3, -0.25) is 4.79 Å².